The fourth-order valence-corrected chi connectivity index (χ4v) is 2.22. The van der Waals surface area contributed by atoms with Crippen molar-refractivity contribution in [1.29, 1.82) is 0 Å². The van der Waals surface area contributed by atoms with Crippen molar-refractivity contribution in [3.63, 3.8) is 0 Å². The summed E-state index contributed by atoms with van der Waals surface area (Å²) in [6.07, 6.45) is 1.38. The fraction of sp³-hybridized carbons (Fsp3) is 0.562. The van der Waals surface area contributed by atoms with Crippen molar-refractivity contribution in [2.24, 2.45) is 5.41 Å². The van der Waals surface area contributed by atoms with Crippen LogP contribution in [0.2, 0.25) is 0 Å². The fourth-order valence-electron chi connectivity index (χ4n) is 2.22. The summed E-state index contributed by atoms with van der Waals surface area (Å²) in [4.78, 5) is 11.1. The van der Waals surface area contributed by atoms with Crippen LogP contribution in [0.4, 0.5) is 0 Å². The monoisotopic (exact) mass is 264 g/mol. The number of hydrogen-bond donors (Lipinski definition) is 2. The summed E-state index contributed by atoms with van der Waals surface area (Å²) in [5.41, 5.74) is 2.40. The zero-order chi connectivity index (χ0) is 14.6. The first kappa shape index (κ1) is 15.7. The smallest absolute Gasteiger partial charge is 0.309 e. The van der Waals surface area contributed by atoms with Gasteiger partial charge in [-0.1, -0.05) is 32.0 Å². The molecule has 0 spiro atoms. The molecule has 3 heteroatoms. The van der Waals surface area contributed by atoms with E-state index in [2.05, 4.69) is 13.8 Å². The molecule has 1 unspecified atom stereocenters. The van der Waals surface area contributed by atoms with Gasteiger partial charge in [-0.15, -0.1) is 0 Å². The van der Waals surface area contributed by atoms with E-state index in [0.29, 0.717) is 0 Å². The van der Waals surface area contributed by atoms with Crippen LogP contribution >= 0.6 is 0 Å². The van der Waals surface area contributed by atoms with Crippen molar-refractivity contribution in [3.05, 3.63) is 34.9 Å². The predicted octanol–water partition coefficient (Wildman–Crippen LogP) is 3.35. The van der Waals surface area contributed by atoms with Gasteiger partial charge in [0.15, 0.2) is 0 Å². The van der Waals surface area contributed by atoms with E-state index in [1.165, 1.54) is 11.1 Å². The van der Waals surface area contributed by atoms with Crippen LogP contribution in [0.1, 0.15) is 56.9 Å². The van der Waals surface area contributed by atoms with Crippen LogP contribution in [-0.2, 0) is 17.6 Å². The normalized spacial score (nSPS) is 13.3. The zero-order valence-corrected chi connectivity index (χ0v) is 12.2. The minimum atomic E-state index is -0.921. The Labute approximate surface area is 115 Å². The van der Waals surface area contributed by atoms with Gasteiger partial charge < -0.3 is 10.2 Å². The molecule has 3 nitrogen and oxygen atoms in total. The Morgan fingerprint density at radius 3 is 2.26 bits per heavy atom. The van der Waals surface area contributed by atoms with Gasteiger partial charge >= 0.3 is 5.97 Å². The number of benzene rings is 1. The molecule has 1 atom stereocenters. The van der Waals surface area contributed by atoms with Gasteiger partial charge in [0.2, 0.25) is 0 Å². The van der Waals surface area contributed by atoms with Gasteiger partial charge in [-0.25, -0.2) is 0 Å². The van der Waals surface area contributed by atoms with Crippen molar-refractivity contribution in [2.45, 2.75) is 53.1 Å². The van der Waals surface area contributed by atoms with Crippen LogP contribution in [0.5, 0.6) is 0 Å². The lowest BCUT2D eigenvalue weighted by Crippen LogP contribution is -2.26. The number of aliphatic hydroxyl groups is 1. The summed E-state index contributed by atoms with van der Waals surface area (Å²) >= 11 is 0. The molecule has 1 rings (SSSR count). The van der Waals surface area contributed by atoms with E-state index in [0.717, 1.165) is 18.4 Å². The lowest BCUT2D eigenvalue weighted by atomic mass is 9.84. The summed E-state index contributed by atoms with van der Waals surface area (Å²) in [6, 6.07) is 5.94. The highest BCUT2D eigenvalue weighted by Crippen LogP contribution is 2.31. The lowest BCUT2D eigenvalue weighted by molar-refractivity contribution is -0.148. The maximum absolute atomic E-state index is 11.1. The predicted molar refractivity (Wildman–Crippen MR) is 76.2 cm³/mol. The van der Waals surface area contributed by atoms with E-state index in [1.54, 1.807) is 13.8 Å². The third kappa shape index (κ3) is 3.80. The number of aliphatic carboxylic acids is 1. The topological polar surface area (TPSA) is 57.5 Å². The number of carboxylic acid groups (broad SMARTS) is 1. The molecule has 0 amide bonds. The van der Waals surface area contributed by atoms with Crippen molar-refractivity contribution in [3.8, 4) is 0 Å². The molecule has 0 aromatic heterocycles. The molecule has 0 saturated heterocycles. The van der Waals surface area contributed by atoms with E-state index in [4.69, 9.17) is 5.11 Å². The standard InChI is InChI=1S/C16H24O3/c1-5-11-7-8-13(9-12(11)6-2)14(17)10-16(3,4)15(18)19/h7-9,14,17H,5-6,10H2,1-4H3,(H,18,19). The van der Waals surface area contributed by atoms with Crippen LogP contribution < -0.4 is 0 Å². The van der Waals surface area contributed by atoms with Crippen molar-refractivity contribution in [1.82, 2.24) is 0 Å². The summed E-state index contributed by atoms with van der Waals surface area (Å²) in [7, 11) is 0. The molecule has 0 aliphatic carbocycles. The summed E-state index contributed by atoms with van der Waals surface area (Å²) in [5, 5.41) is 19.3. The van der Waals surface area contributed by atoms with Gasteiger partial charge in [0.25, 0.3) is 0 Å². The van der Waals surface area contributed by atoms with Crippen molar-refractivity contribution in [2.75, 3.05) is 0 Å². The van der Waals surface area contributed by atoms with Crippen LogP contribution in [0, 0.1) is 5.41 Å². The van der Waals surface area contributed by atoms with Crippen molar-refractivity contribution < 1.29 is 15.0 Å². The summed E-state index contributed by atoms with van der Waals surface area (Å²) < 4.78 is 0. The Hall–Kier alpha value is -1.35. The molecular formula is C16H24O3. The number of aryl methyl sites for hydroxylation is 2. The van der Waals surface area contributed by atoms with E-state index in [9.17, 15) is 9.90 Å². The molecule has 0 heterocycles. The minimum Gasteiger partial charge on any atom is -0.481 e. The molecule has 0 aliphatic rings. The molecule has 0 fully saturated rings. The Balaban J connectivity index is 2.94. The SMILES string of the molecule is CCc1ccc(C(O)CC(C)(C)C(=O)O)cc1CC. The van der Waals surface area contributed by atoms with Crippen LogP contribution in [0.3, 0.4) is 0 Å². The zero-order valence-electron chi connectivity index (χ0n) is 12.2. The van der Waals surface area contributed by atoms with Crippen molar-refractivity contribution >= 4 is 5.97 Å². The molecule has 0 aliphatic heterocycles. The number of aliphatic hydroxyl groups excluding tert-OH is 1. The van der Waals surface area contributed by atoms with Gasteiger partial charge in [-0.2, -0.15) is 0 Å². The lowest BCUT2D eigenvalue weighted by Gasteiger charge is -2.23. The first-order valence-corrected chi connectivity index (χ1v) is 6.85. The average molecular weight is 264 g/mol. The second kappa shape index (κ2) is 6.20. The third-order valence-corrected chi connectivity index (χ3v) is 3.66. The number of rotatable bonds is 6. The highest BCUT2D eigenvalue weighted by molar-refractivity contribution is 5.73. The minimum absolute atomic E-state index is 0.219. The van der Waals surface area contributed by atoms with E-state index >= 15 is 0 Å². The molecular weight excluding hydrogens is 240 g/mol. The Bertz CT molecular complexity index is 449. The van der Waals surface area contributed by atoms with Gasteiger partial charge in [0, 0.05) is 0 Å². The van der Waals surface area contributed by atoms with E-state index in [1.807, 2.05) is 18.2 Å². The average Bonchev–Trinajstić information content (AvgIpc) is 2.37. The molecule has 0 bridgehead atoms. The molecule has 19 heavy (non-hydrogen) atoms. The van der Waals surface area contributed by atoms with Gasteiger partial charge in [0.05, 0.1) is 11.5 Å². The Morgan fingerprint density at radius 2 is 1.79 bits per heavy atom. The number of carboxylic acids is 1. The molecule has 0 saturated carbocycles. The number of hydrogen-bond acceptors (Lipinski definition) is 2. The summed E-state index contributed by atoms with van der Waals surface area (Å²) in [6.45, 7) is 7.48. The maximum atomic E-state index is 11.1. The second-order valence-electron chi connectivity index (χ2n) is 5.64. The summed E-state index contributed by atoms with van der Waals surface area (Å²) in [5.74, 6) is -0.882. The molecule has 0 radical (unpaired) electrons. The molecule has 1 aromatic rings. The van der Waals surface area contributed by atoms with E-state index < -0.39 is 17.5 Å². The first-order valence-electron chi connectivity index (χ1n) is 6.85. The highest BCUT2D eigenvalue weighted by Gasteiger charge is 2.30. The Morgan fingerprint density at radius 1 is 1.21 bits per heavy atom. The molecule has 1 aromatic carbocycles. The maximum Gasteiger partial charge on any atom is 0.309 e. The van der Waals surface area contributed by atoms with Crippen LogP contribution in [0.15, 0.2) is 18.2 Å². The van der Waals surface area contributed by atoms with Crippen LogP contribution in [0.25, 0.3) is 0 Å². The highest BCUT2D eigenvalue weighted by atomic mass is 16.4. The quantitative estimate of drug-likeness (QED) is 0.828. The van der Waals surface area contributed by atoms with E-state index in [-0.39, 0.29) is 6.42 Å². The second-order valence-corrected chi connectivity index (χ2v) is 5.64. The van der Waals surface area contributed by atoms with Gasteiger partial charge in [0.1, 0.15) is 0 Å². The largest absolute Gasteiger partial charge is 0.481 e. The molecule has 2 N–H and O–H groups in total. The van der Waals surface area contributed by atoms with Gasteiger partial charge in [-0.3, -0.25) is 4.79 Å². The van der Waals surface area contributed by atoms with Crippen LogP contribution in [-0.4, -0.2) is 16.2 Å². The number of carbonyl (C=O) groups is 1. The Kier molecular flexibility index (Phi) is 5.12. The first-order chi connectivity index (χ1) is 8.81. The molecule has 106 valence electrons. The van der Waals surface area contributed by atoms with Gasteiger partial charge in [-0.05, 0) is 49.8 Å². The third-order valence-electron chi connectivity index (χ3n) is 3.66.